The number of nitrogens with zero attached hydrogens (tertiary/aromatic N) is 1. The molecule has 3 aliphatic rings. The van der Waals surface area contributed by atoms with Gasteiger partial charge in [0.15, 0.2) is 0 Å². The highest BCUT2D eigenvalue weighted by Crippen LogP contribution is 2.37. The van der Waals surface area contributed by atoms with Crippen molar-refractivity contribution in [2.75, 3.05) is 33.9 Å². The van der Waals surface area contributed by atoms with Crippen LogP contribution in [-0.2, 0) is 17.8 Å². The first-order chi connectivity index (χ1) is 21.3. The quantitative estimate of drug-likeness (QED) is 0.304. The van der Waals surface area contributed by atoms with Gasteiger partial charge in [0.2, 0.25) is 0 Å². The van der Waals surface area contributed by atoms with Gasteiger partial charge in [0, 0.05) is 49.8 Å². The van der Waals surface area contributed by atoms with Gasteiger partial charge in [-0.05, 0) is 97.2 Å². The molecule has 2 heterocycles. The Morgan fingerprint density at radius 2 is 1.64 bits per heavy atom. The Morgan fingerprint density at radius 1 is 0.909 bits per heavy atom. The van der Waals surface area contributed by atoms with E-state index in [4.69, 9.17) is 14.2 Å². The number of ether oxygens (including phenoxy) is 3. The van der Waals surface area contributed by atoms with Crippen molar-refractivity contribution in [3.63, 3.8) is 0 Å². The van der Waals surface area contributed by atoms with Gasteiger partial charge < -0.3 is 29.7 Å². The second kappa shape index (κ2) is 13.0. The fourth-order valence-electron chi connectivity index (χ4n) is 6.60. The van der Waals surface area contributed by atoms with Crippen molar-refractivity contribution in [1.29, 1.82) is 0 Å². The maximum atomic E-state index is 14.5. The zero-order valence-corrected chi connectivity index (χ0v) is 26.7. The minimum absolute atomic E-state index is 0.0137. The van der Waals surface area contributed by atoms with Gasteiger partial charge in [-0.25, -0.2) is 0 Å². The number of benzene rings is 3. The topological polar surface area (TPSA) is 72.1 Å². The molecule has 3 aromatic rings. The summed E-state index contributed by atoms with van der Waals surface area (Å²) < 4.78 is 17.2. The number of hydrogen-bond donors (Lipinski definition) is 2. The van der Waals surface area contributed by atoms with Gasteiger partial charge in [-0.2, -0.15) is 0 Å². The molecule has 7 nitrogen and oxygen atoms in total. The number of amides is 1. The molecule has 6 rings (SSSR count). The third kappa shape index (κ3) is 6.64. The third-order valence-corrected chi connectivity index (χ3v) is 9.26. The number of fused-ring (bicyclic) bond motifs is 2. The largest absolute Gasteiger partial charge is 0.497 e. The van der Waals surface area contributed by atoms with Crippen LogP contribution in [0.2, 0.25) is 0 Å². The minimum atomic E-state index is -0.0137. The van der Waals surface area contributed by atoms with Crippen molar-refractivity contribution < 1.29 is 19.0 Å². The van der Waals surface area contributed by atoms with Gasteiger partial charge in [0.05, 0.1) is 26.9 Å². The van der Waals surface area contributed by atoms with Crippen LogP contribution in [0.15, 0.2) is 60.2 Å². The van der Waals surface area contributed by atoms with E-state index < -0.39 is 0 Å². The van der Waals surface area contributed by atoms with Crippen molar-refractivity contribution in [3.05, 3.63) is 93.6 Å². The van der Waals surface area contributed by atoms with Crippen molar-refractivity contribution in [1.82, 2.24) is 15.5 Å². The Labute approximate surface area is 261 Å². The molecule has 232 valence electrons. The first-order valence-electron chi connectivity index (χ1n) is 15.9. The van der Waals surface area contributed by atoms with E-state index in [1.54, 1.807) is 14.2 Å². The number of piperazine rings is 1. The molecule has 3 aromatic carbocycles. The van der Waals surface area contributed by atoms with E-state index in [1.807, 2.05) is 18.2 Å². The number of aryl methyl sites for hydroxylation is 2. The Bertz CT molecular complexity index is 1520. The molecule has 2 fully saturated rings. The van der Waals surface area contributed by atoms with E-state index in [9.17, 15) is 4.79 Å². The average Bonchev–Trinajstić information content (AvgIpc) is 3.87. The highest BCUT2D eigenvalue weighted by molar-refractivity contribution is 6.03. The van der Waals surface area contributed by atoms with Crippen molar-refractivity contribution >= 4 is 11.5 Å². The minimum Gasteiger partial charge on any atom is -0.497 e. The van der Waals surface area contributed by atoms with Crippen molar-refractivity contribution in [3.8, 4) is 17.2 Å². The molecule has 2 aliphatic heterocycles. The van der Waals surface area contributed by atoms with Crippen LogP contribution < -0.4 is 24.8 Å². The lowest BCUT2D eigenvalue weighted by Crippen LogP contribution is -2.59. The van der Waals surface area contributed by atoms with E-state index in [0.29, 0.717) is 19.2 Å². The summed E-state index contributed by atoms with van der Waals surface area (Å²) in [5.74, 6) is 2.56. The summed E-state index contributed by atoms with van der Waals surface area (Å²) in [6.45, 7) is 9.16. The number of rotatable bonds is 11. The molecule has 1 saturated carbocycles. The fourth-order valence-corrected chi connectivity index (χ4v) is 6.60. The maximum Gasteiger partial charge on any atom is 0.252 e. The zero-order chi connectivity index (χ0) is 30.8. The molecule has 1 aliphatic carbocycles. The van der Waals surface area contributed by atoms with Crippen LogP contribution in [-0.4, -0.2) is 62.8 Å². The molecule has 0 spiro atoms. The second-order valence-corrected chi connectivity index (χ2v) is 12.6. The summed E-state index contributed by atoms with van der Waals surface area (Å²) in [7, 11) is 3.31. The Kier molecular flexibility index (Phi) is 8.96. The Balaban J connectivity index is 1.24. The lowest BCUT2D eigenvalue weighted by molar-refractivity contribution is -0.128. The van der Waals surface area contributed by atoms with Crippen molar-refractivity contribution in [2.24, 2.45) is 0 Å². The monoisotopic (exact) mass is 595 g/mol. The number of nitrogens with one attached hydrogen (secondary N) is 2. The predicted octanol–water partition coefficient (Wildman–Crippen LogP) is 5.53. The molecule has 7 heteroatoms. The molecule has 44 heavy (non-hydrogen) atoms. The SMILES string of the molecule is COc1cc(CN(C(=O)C2=C(c3ccc(CCOc4cc(C)cc(C)c4C)cc3)CC3CNC[C@H]2N3)C2CC2)cc(OC)c1. The van der Waals surface area contributed by atoms with Crippen LogP contribution in [0.3, 0.4) is 0 Å². The summed E-state index contributed by atoms with van der Waals surface area (Å²) in [5.41, 5.74) is 9.13. The van der Waals surface area contributed by atoms with Gasteiger partial charge in [-0.15, -0.1) is 0 Å². The molecule has 2 N–H and O–H groups in total. The summed E-state index contributed by atoms with van der Waals surface area (Å²) in [6.07, 6.45) is 3.72. The molecule has 0 aromatic heterocycles. The van der Waals surface area contributed by atoms with Crippen LogP contribution in [0, 0.1) is 20.8 Å². The van der Waals surface area contributed by atoms with Crippen LogP contribution in [0.4, 0.5) is 0 Å². The predicted molar refractivity (Wildman–Crippen MR) is 175 cm³/mol. The zero-order valence-electron chi connectivity index (χ0n) is 26.7. The van der Waals surface area contributed by atoms with E-state index in [1.165, 1.54) is 27.8 Å². The first kappa shape index (κ1) is 30.2. The van der Waals surface area contributed by atoms with Crippen molar-refractivity contribution in [2.45, 2.75) is 71.1 Å². The number of carbonyl (C=O) groups excluding carboxylic acids is 1. The molecule has 1 unspecified atom stereocenters. The molecule has 1 saturated heterocycles. The van der Waals surface area contributed by atoms with Gasteiger partial charge in [-0.1, -0.05) is 30.3 Å². The normalized spacial score (nSPS) is 19.5. The molecule has 2 atom stereocenters. The smallest absolute Gasteiger partial charge is 0.252 e. The van der Waals surface area contributed by atoms with Crippen LogP contribution >= 0.6 is 0 Å². The number of carbonyl (C=O) groups is 1. The second-order valence-electron chi connectivity index (χ2n) is 12.6. The van der Waals surface area contributed by atoms with E-state index in [-0.39, 0.29) is 18.0 Å². The van der Waals surface area contributed by atoms with E-state index in [2.05, 4.69) is 72.7 Å². The highest BCUT2D eigenvalue weighted by Gasteiger charge is 2.41. The molecule has 2 bridgehead atoms. The Morgan fingerprint density at radius 3 is 2.32 bits per heavy atom. The number of hydrogen-bond acceptors (Lipinski definition) is 6. The molecule has 0 radical (unpaired) electrons. The summed E-state index contributed by atoms with van der Waals surface area (Å²) in [4.78, 5) is 16.6. The summed E-state index contributed by atoms with van der Waals surface area (Å²) in [6, 6.07) is 19.5. The van der Waals surface area contributed by atoms with E-state index in [0.717, 1.165) is 72.7 Å². The Hall–Kier alpha value is -3.81. The van der Waals surface area contributed by atoms with Crippen LogP contribution in [0.5, 0.6) is 17.2 Å². The van der Waals surface area contributed by atoms with Gasteiger partial charge in [0.25, 0.3) is 5.91 Å². The lowest BCUT2D eigenvalue weighted by Gasteiger charge is -2.41. The lowest BCUT2D eigenvalue weighted by atomic mass is 9.83. The van der Waals surface area contributed by atoms with Gasteiger partial charge in [0.1, 0.15) is 17.2 Å². The molecular weight excluding hydrogens is 550 g/mol. The molecule has 1 amide bonds. The van der Waals surface area contributed by atoms with Gasteiger partial charge in [-0.3, -0.25) is 4.79 Å². The fraction of sp³-hybridized carbons (Fsp3) is 0.432. The molecular formula is C37H45N3O4. The average molecular weight is 596 g/mol. The van der Waals surface area contributed by atoms with E-state index >= 15 is 0 Å². The standard InChI is InChI=1S/C37H45N3O4/c1-23-14-24(2)25(3)35(15-23)44-13-12-26-6-8-28(9-7-26)33-18-29-20-38-21-34(39-29)36(33)37(41)40(30-10-11-30)22-27-16-31(42-4)19-32(17-27)43-5/h6-9,14-17,19,29-30,34,38-39H,10-13,18,20-22H2,1-5H3/t29?,34-/m1/s1. The highest BCUT2D eigenvalue weighted by atomic mass is 16.5. The van der Waals surface area contributed by atoms with Crippen LogP contribution in [0.25, 0.3) is 5.57 Å². The first-order valence-corrected chi connectivity index (χ1v) is 15.9. The summed E-state index contributed by atoms with van der Waals surface area (Å²) in [5, 5.41) is 7.29. The van der Waals surface area contributed by atoms with Gasteiger partial charge >= 0.3 is 0 Å². The number of methoxy groups -OCH3 is 2. The van der Waals surface area contributed by atoms with Crippen LogP contribution in [0.1, 0.15) is 52.6 Å². The third-order valence-electron chi connectivity index (χ3n) is 9.26. The maximum absolute atomic E-state index is 14.5. The summed E-state index contributed by atoms with van der Waals surface area (Å²) >= 11 is 0.